The summed E-state index contributed by atoms with van der Waals surface area (Å²) in [6, 6.07) is 0. The van der Waals surface area contributed by atoms with E-state index in [4.69, 9.17) is 10.7 Å². The molecule has 2 N–H and O–H groups in total. The van der Waals surface area contributed by atoms with Crippen LogP contribution in [0.3, 0.4) is 0 Å². The van der Waals surface area contributed by atoms with Crippen LogP contribution in [-0.2, 0) is 19.4 Å². The SMILES string of the molecule is Cl.NCc1nc(N2CCCC2)nc2c1CCC2. The van der Waals surface area contributed by atoms with Crippen LogP contribution in [0.5, 0.6) is 0 Å². The number of fused-ring (bicyclic) bond motifs is 1. The molecule has 1 aromatic rings. The Morgan fingerprint density at radius 1 is 1.06 bits per heavy atom. The Labute approximate surface area is 108 Å². The van der Waals surface area contributed by atoms with E-state index in [1.807, 2.05) is 0 Å². The Bertz CT molecular complexity index is 402. The fourth-order valence-corrected chi connectivity index (χ4v) is 2.72. The van der Waals surface area contributed by atoms with Crippen molar-refractivity contribution in [3.05, 3.63) is 17.0 Å². The minimum atomic E-state index is 0. The predicted octanol–water partition coefficient (Wildman–Crippen LogP) is 1.45. The van der Waals surface area contributed by atoms with E-state index in [1.54, 1.807) is 0 Å². The van der Waals surface area contributed by atoms with Crippen LogP contribution in [0.2, 0.25) is 0 Å². The number of nitrogens with two attached hydrogens (primary N) is 1. The summed E-state index contributed by atoms with van der Waals surface area (Å²) in [5, 5.41) is 0. The second-order valence-corrected chi connectivity index (χ2v) is 4.65. The molecule has 5 heteroatoms. The van der Waals surface area contributed by atoms with Gasteiger partial charge in [0.05, 0.1) is 5.69 Å². The zero-order valence-electron chi connectivity index (χ0n) is 9.98. The van der Waals surface area contributed by atoms with E-state index in [0.717, 1.165) is 37.6 Å². The molecule has 3 rings (SSSR count). The Morgan fingerprint density at radius 3 is 2.53 bits per heavy atom. The minimum absolute atomic E-state index is 0. The highest BCUT2D eigenvalue weighted by Crippen LogP contribution is 2.26. The van der Waals surface area contributed by atoms with Gasteiger partial charge in [-0.3, -0.25) is 0 Å². The van der Waals surface area contributed by atoms with Crippen LogP contribution in [0.4, 0.5) is 5.95 Å². The van der Waals surface area contributed by atoms with E-state index in [1.165, 1.54) is 30.5 Å². The standard InChI is InChI=1S/C12H18N4.ClH/c13-8-11-9-4-3-5-10(9)14-12(15-11)16-6-1-2-7-16;/h1-8,13H2;1H. The van der Waals surface area contributed by atoms with Crippen LogP contribution in [-0.4, -0.2) is 23.1 Å². The number of hydrogen-bond donors (Lipinski definition) is 1. The summed E-state index contributed by atoms with van der Waals surface area (Å²) < 4.78 is 0. The molecule has 0 unspecified atom stereocenters. The lowest BCUT2D eigenvalue weighted by atomic mass is 10.2. The molecule has 1 aromatic heterocycles. The third kappa shape index (κ3) is 2.24. The van der Waals surface area contributed by atoms with Crippen molar-refractivity contribution in [2.75, 3.05) is 18.0 Å². The maximum absolute atomic E-state index is 5.78. The summed E-state index contributed by atoms with van der Waals surface area (Å²) >= 11 is 0. The summed E-state index contributed by atoms with van der Waals surface area (Å²) in [5.74, 6) is 0.915. The van der Waals surface area contributed by atoms with Crippen LogP contribution in [0.15, 0.2) is 0 Å². The molecule has 0 radical (unpaired) electrons. The summed E-state index contributed by atoms with van der Waals surface area (Å²) in [7, 11) is 0. The third-order valence-corrected chi connectivity index (χ3v) is 3.59. The van der Waals surface area contributed by atoms with Crippen LogP contribution in [0.1, 0.15) is 36.2 Å². The maximum atomic E-state index is 5.78. The van der Waals surface area contributed by atoms with Gasteiger partial charge in [0.25, 0.3) is 0 Å². The van der Waals surface area contributed by atoms with Gasteiger partial charge in [0.15, 0.2) is 0 Å². The third-order valence-electron chi connectivity index (χ3n) is 3.59. The van der Waals surface area contributed by atoms with Crippen molar-refractivity contribution < 1.29 is 0 Å². The van der Waals surface area contributed by atoms with Crippen LogP contribution < -0.4 is 10.6 Å². The molecule has 0 atom stereocenters. The van der Waals surface area contributed by atoms with Gasteiger partial charge in [-0.05, 0) is 37.7 Å². The average Bonchev–Trinajstić information content (AvgIpc) is 2.97. The number of aromatic nitrogens is 2. The molecule has 1 fully saturated rings. The Kier molecular flexibility index (Phi) is 3.84. The molecule has 1 aliphatic heterocycles. The van der Waals surface area contributed by atoms with Crippen molar-refractivity contribution in [1.82, 2.24) is 9.97 Å². The Balaban J connectivity index is 0.00000108. The molecule has 2 heterocycles. The molecule has 0 aromatic carbocycles. The van der Waals surface area contributed by atoms with Crippen LogP contribution >= 0.6 is 12.4 Å². The van der Waals surface area contributed by atoms with Crippen molar-refractivity contribution in [3.63, 3.8) is 0 Å². The van der Waals surface area contributed by atoms with Crippen molar-refractivity contribution >= 4 is 18.4 Å². The van der Waals surface area contributed by atoms with Crippen molar-refractivity contribution in [2.24, 2.45) is 5.73 Å². The lowest BCUT2D eigenvalue weighted by Gasteiger charge is -2.17. The zero-order chi connectivity index (χ0) is 11.0. The van der Waals surface area contributed by atoms with Gasteiger partial charge in [0.2, 0.25) is 5.95 Å². The van der Waals surface area contributed by atoms with Gasteiger partial charge in [0, 0.05) is 25.3 Å². The van der Waals surface area contributed by atoms with E-state index < -0.39 is 0 Å². The molecule has 0 amide bonds. The monoisotopic (exact) mass is 254 g/mol. The van der Waals surface area contributed by atoms with Gasteiger partial charge in [-0.15, -0.1) is 12.4 Å². The number of rotatable bonds is 2. The first-order valence-electron chi connectivity index (χ1n) is 6.22. The van der Waals surface area contributed by atoms with E-state index in [0.29, 0.717) is 6.54 Å². The highest BCUT2D eigenvalue weighted by Gasteiger charge is 2.22. The Morgan fingerprint density at radius 2 is 1.82 bits per heavy atom. The van der Waals surface area contributed by atoms with Gasteiger partial charge < -0.3 is 10.6 Å². The Hall–Kier alpha value is -0.870. The summed E-state index contributed by atoms with van der Waals surface area (Å²) in [5.41, 5.74) is 9.43. The highest BCUT2D eigenvalue weighted by atomic mass is 35.5. The molecular formula is C12H19ClN4. The lowest BCUT2D eigenvalue weighted by Crippen LogP contribution is -2.22. The molecule has 17 heavy (non-hydrogen) atoms. The molecule has 4 nitrogen and oxygen atoms in total. The normalized spacial score (nSPS) is 18.1. The van der Waals surface area contributed by atoms with Gasteiger partial charge in [-0.2, -0.15) is 0 Å². The number of halogens is 1. The highest BCUT2D eigenvalue weighted by molar-refractivity contribution is 5.85. The van der Waals surface area contributed by atoms with Gasteiger partial charge in [0.1, 0.15) is 0 Å². The van der Waals surface area contributed by atoms with Gasteiger partial charge in [-0.25, -0.2) is 9.97 Å². The fourth-order valence-electron chi connectivity index (χ4n) is 2.72. The van der Waals surface area contributed by atoms with Gasteiger partial charge in [-0.1, -0.05) is 0 Å². The topological polar surface area (TPSA) is 55.0 Å². The maximum Gasteiger partial charge on any atom is 0.225 e. The molecule has 1 aliphatic carbocycles. The molecule has 1 saturated heterocycles. The van der Waals surface area contributed by atoms with Crippen LogP contribution in [0, 0.1) is 0 Å². The molecule has 0 bridgehead atoms. The fraction of sp³-hybridized carbons (Fsp3) is 0.667. The predicted molar refractivity (Wildman–Crippen MR) is 70.6 cm³/mol. The lowest BCUT2D eigenvalue weighted by molar-refractivity contribution is 0.846. The van der Waals surface area contributed by atoms with Crippen molar-refractivity contribution in [3.8, 4) is 0 Å². The molecule has 94 valence electrons. The van der Waals surface area contributed by atoms with Gasteiger partial charge >= 0.3 is 0 Å². The molecule has 0 spiro atoms. The van der Waals surface area contributed by atoms with E-state index >= 15 is 0 Å². The second kappa shape index (κ2) is 5.19. The molecular weight excluding hydrogens is 236 g/mol. The van der Waals surface area contributed by atoms with E-state index in [-0.39, 0.29) is 12.4 Å². The minimum Gasteiger partial charge on any atom is -0.341 e. The summed E-state index contributed by atoms with van der Waals surface area (Å²) in [6.45, 7) is 2.75. The smallest absolute Gasteiger partial charge is 0.225 e. The first-order chi connectivity index (χ1) is 7.88. The second-order valence-electron chi connectivity index (χ2n) is 4.65. The largest absolute Gasteiger partial charge is 0.341 e. The summed E-state index contributed by atoms with van der Waals surface area (Å²) in [6.07, 6.45) is 5.95. The molecule has 0 saturated carbocycles. The van der Waals surface area contributed by atoms with E-state index in [2.05, 4.69) is 9.88 Å². The van der Waals surface area contributed by atoms with Crippen molar-refractivity contribution in [2.45, 2.75) is 38.6 Å². The van der Waals surface area contributed by atoms with Crippen LogP contribution in [0.25, 0.3) is 0 Å². The first kappa shape index (κ1) is 12.6. The number of nitrogens with zero attached hydrogens (tertiary/aromatic N) is 3. The summed E-state index contributed by atoms with van der Waals surface area (Å²) in [4.78, 5) is 11.6. The molecule has 2 aliphatic rings. The first-order valence-corrected chi connectivity index (χ1v) is 6.22. The number of anilines is 1. The number of hydrogen-bond acceptors (Lipinski definition) is 4. The number of aryl methyl sites for hydroxylation is 1. The quantitative estimate of drug-likeness (QED) is 0.868. The van der Waals surface area contributed by atoms with Crippen molar-refractivity contribution in [1.29, 1.82) is 0 Å². The average molecular weight is 255 g/mol. The van der Waals surface area contributed by atoms with E-state index in [9.17, 15) is 0 Å². The zero-order valence-corrected chi connectivity index (χ0v) is 10.8.